The third-order valence-electron chi connectivity index (χ3n) is 4.81. The molecule has 4 atom stereocenters. The van der Waals surface area contributed by atoms with Gasteiger partial charge >= 0.3 is 0 Å². The van der Waals surface area contributed by atoms with E-state index in [1.54, 1.807) is 0 Å². The zero-order valence-corrected chi connectivity index (χ0v) is 12.5. The first-order valence-corrected chi connectivity index (χ1v) is 10.6. The molecule has 1 nitrogen and oxygen atoms in total. The van der Waals surface area contributed by atoms with Crippen LogP contribution in [0.5, 0.6) is 0 Å². The van der Waals surface area contributed by atoms with Gasteiger partial charge in [-0.2, -0.15) is 0 Å². The molecule has 0 aromatic heterocycles. The van der Waals surface area contributed by atoms with E-state index in [2.05, 4.69) is 31.1 Å². The van der Waals surface area contributed by atoms with Crippen molar-refractivity contribution in [1.29, 1.82) is 0 Å². The van der Waals surface area contributed by atoms with Gasteiger partial charge in [-0.15, -0.1) is 11.5 Å². The number of nitrogens with two attached hydrogens (primary N) is 1. The standard InChI is InChI=1S/C15H25NSi/c1-17(2,3)5-4-14-7-12-6-13(8-14)10-15(16,9-12)11-14/h12-13H,6-11,16H2,1-3H3/t12-,13+,14?,15?. The second-order valence-corrected chi connectivity index (χ2v) is 12.9. The average Bonchev–Trinajstić information content (AvgIpc) is 2.09. The van der Waals surface area contributed by atoms with E-state index in [0.717, 1.165) is 11.8 Å². The predicted octanol–water partition coefficient (Wildman–Crippen LogP) is 3.16. The van der Waals surface area contributed by atoms with Gasteiger partial charge in [-0.25, -0.2) is 0 Å². The first kappa shape index (κ1) is 11.8. The maximum absolute atomic E-state index is 6.59. The maximum atomic E-state index is 6.59. The molecule has 0 saturated heterocycles. The monoisotopic (exact) mass is 247 g/mol. The van der Waals surface area contributed by atoms with Crippen molar-refractivity contribution < 1.29 is 0 Å². The Bertz CT molecular complexity index is 381. The van der Waals surface area contributed by atoms with Crippen LogP contribution in [0.2, 0.25) is 19.6 Å². The van der Waals surface area contributed by atoms with Gasteiger partial charge < -0.3 is 5.73 Å². The summed E-state index contributed by atoms with van der Waals surface area (Å²) in [6.07, 6.45) is 7.87. The molecule has 2 N–H and O–H groups in total. The lowest BCUT2D eigenvalue weighted by atomic mass is 9.47. The summed E-state index contributed by atoms with van der Waals surface area (Å²) >= 11 is 0. The van der Waals surface area contributed by atoms with E-state index in [0.29, 0.717) is 5.41 Å². The summed E-state index contributed by atoms with van der Waals surface area (Å²) in [6, 6.07) is 0. The lowest BCUT2D eigenvalue weighted by Crippen LogP contribution is -2.59. The quantitative estimate of drug-likeness (QED) is 0.516. The van der Waals surface area contributed by atoms with Crippen molar-refractivity contribution in [3.8, 4) is 11.5 Å². The van der Waals surface area contributed by atoms with Crippen LogP contribution >= 0.6 is 0 Å². The highest BCUT2D eigenvalue weighted by Gasteiger charge is 2.55. The lowest BCUT2D eigenvalue weighted by molar-refractivity contribution is -0.0349. The topological polar surface area (TPSA) is 26.0 Å². The summed E-state index contributed by atoms with van der Waals surface area (Å²) in [6.45, 7) is 7.04. The van der Waals surface area contributed by atoms with Crippen molar-refractivity contribution in [1.82, 2.24) is 0 Å². The molecule has 0 aromatic rings. The van der Waals surface area contributed by atoms with Crippen molar-refractivity contribution in [3.05, 3.63) is 0 Å². The highest BCUT2D eigenvalue weighted by atomic mass is 28.3. The zero-order chi connectivity index (χ0) is 12.3. The smallest absolute Gasteiger partial charge is 0.129 e. The van der Waals surface area contributed by atoms with E-state index in [1.807, 2.05) is 0 Å². The Balaban J connectivity index is 1.90. The molecule has 4 bridgehead atoms. The van der Waals surface area contributed by atoms with Gasteiger partial charge in [-0.05, 0) is 50.4 Å². The van der Waals surface area contributed by atoms with E-state index >= 15 is 0 Å². The van der Waals surface area contributed by atoms with Gasteiger partial charge in [0.1, 0.15) is 8.07 Å². The largest absolute Gasteiger partial charge is 0.325 e. The molecule has 17 heavy (non-hydrogen) atoms. The van der Waals surface area contributed by atoms with Crippen LogP contribution in [0.3, 0.4) is 0 Å². The summed E-state index contributed by atoms with van der Waals surface area (Å²) < 4.78 is 0. The highest BCUT2D eigenvalue weighted by molar-refractivity contribution is 6.83. The molecule has 4 rings (SSSR count). The third-order valence-corrected chi connectivity index (χ3v) is 5.68. The summed E-state index contributed by atoms with van der Waals surface area (Å²) in [5, 5.41) is 0. The van der Waals surface area contributed by atoms with Crippen molar-refractivity contribution in [3.63, 3.8) is 0 Å². The molecular formula is C15H25NSi. The van der Waals surface area contributed by atoms with Gasteiger partial charge in [0, 0.05) is 11.0 Å². The molecule has 4 aliphatic rings. The van der Waals surface area contributed by atoms with E-state index in [1.165, 1.54) is 38.5 Å². The molecule has 0 amide bonds. The maximum Gasteiger partial charge on any atom is 0.129 e. The Morgan fingerprint density at radius 3 is 2.12 bits per heavy atom. The number of rotatable bonds is 0. The van der Waals surface area contributed by atoms with Crippen LogP contribution in [0.4, 0.5) is 0 Å². The molecular weight excluding hydrogens is 222 g/mol. The molecule has 4 saturated carbocycles. The fraction of sp³-hybridized carbons (Fsp3) is 0.867. The number of hydrogen-bond acceptors (Lipinski definition) is 1. The highest BCUT2D eigenvalue weighted by Crippen LogP contribution is 2.60. The minimum Gasteiger partial charge on any atom is -0.325 e. The Morgan fingerprint density at radius 1 is 1.06 bits per heavy atom. The number of hydrogen-bond donors (Lipinski definition) is 1. The van der Waals surface area contributed by atoms with Crippen LogP contribution < -0.4 is 5.73 Å². The van der Waals surface area contributed by atoms with E-state index in [-0.39, 0.29) is 5.54 Å². The molecule has 4 fully saturated rings. The van der Waals surface area contributed by atoms with Gasteiger partial charge in [0.2, 0.25) is 0 Å². The molecule has 94 valence electrons. The molecule has 0 radical (unpaired) electrons. The van der Waals surface area contributed by atoms with Gasteiger partial charge in [-0.3, -0.25) is 0 Å². The average molecular weight is 247 g/mol. The van der Waals surface area contributed by atoms with E-state index in [4.69, 9.17) is 5.73 Å². The predicted molar refractivity (Wildman–Crippen MR) is 75.2 cm³/mol. The van der Waals surface area contributed by atoms with Crippen LogP contribution in [-0.2, 0) is 0 Å². The molecule has 0 spiro atoms. The fourth-order valence-electron chi connectivity index (χ4n) is 4.80. The summed E-state index contributed by atoms with van der Waals surface area (Å²) in [5.74, 6) is 5.50. The Kier molecular flexibility index (Phi) is 2.36. The summed E-state index contributed by atoms with van der Waals surface area (Å²) in [7, 11) is -1.24. The van der Waals surface area contributed by atoms with E-state index < -0.39 is 8.07 Å². The first-order valence-electron chi connectivity index (χ1n) is 7.11. The SMILES string of the molecule is C[Si](C)(C)C#CC12C[C@@H]3C[C@@H](CC(N)(C3)C1)C2. The summed E-state index contributed by atoms with van der Waals surface area (Å²) in [4.78, 5) is 0. The van der Waals surface area contributed by atoms with Crippen molar-refractivity contribution >= 4 is 8.07 Å². The van der Waals surface area contributed by atoms with Gasteiger partial charge in [-0.1, -0.05) is 19.6 Å². The van der Waals surface area contributed by atoms with Gasteiger partial charge in [0.25, 0.3) is 0 Å². The van der Waals surface area contributed by atoms with E-state index in [9.17, 15) is 0 Å². The van der Waals surface area contributed by atoms with Gasteiger partial charge in [0.05, 0.1) is 0 Å². The molecule has 0 aromatic carbocycles. The Hall–Kier alpha value is -0.263. The van der Waals surface area contributed by atoms with Crippen LogP contribution in [0, 0.1) is 28.7 Å². The first-order chi connectivity index (χ1) is 7.78. The Labute approximate surface area is 107 Å². The van der Waals surface area contributed by atoms with Crippen molar-refractivity contribution in [2.45, 2.75) is 63.7 Å². The van der Waals surface area contributed by atoms with Crippen LogP contribution in [0.25, 0.3) is 0 Å². The van der Waals surface area contributed by atoms with Crippen LogP contribution in [0.1, 0.15) is 38.5 Å². The zero-order valence-electron chi connectivity index (χ0n) is 11.5. The molecule has 0 heterocycles. The van der Waals surface area contributed by atoms with Gasteiger partial charge in [0.15, 0.2) is 0 Å². The van der Waals surface area contributed by atoms with Crippen molar-refractivity contribution in [2.75, 3.05) is 0 Å². The fourth-order valence-corrected chi connectivity index (χ4v) is 5.44. The molecule has 2 unspecified atom stereocenters. The van der Waals surface area contributed by atoms with Crippen LogP contribution in [0.15, 0.2) is 0 Å². The summed E-state index contributed by atoms with van der Waals surface area (Å²) in [5.41, 5.74) is 10.7. The third kappa shape index (κ3) is 2.20. The molecule has 2 heteroatoms. The Morgan fingerprint density at radius 2 is 1.65 bits per heavy atom. The second kappa shape index (κ2) is 3.39. The minimum absolute atomic E-state index is 0.151. The van der Waals surface area contributed by atoms with Crippen molar-refractivity contribution in [2.24, 2.45) is 23.0 Å². The second-order valence-electron chi connectivity index (χ2n) is 8.10. The molecule has 0 aliphatic heterocycles. The lowest BCUT2D eigenvalue weighted by Gasteiger charge is -2.59. The normalized spacial score (nSPS) is 47.8. The molecule has 4 aliphatic carbocycles. The van der Waals surface area contributed by atoms with Crippen LogP contribution in [-0.4, -0.2) is 13.6 Å². The minimum atomic E-state index is -1.24.